The average molecular weight is 246 g/mol. The summed E-state index contributed by atoms with van der Waals surface area (Å²) in [5.74, 6) is 0. The Hall–Kier alpha value is -1.07. The molecule has 0 aliphatic carbocycles. The van der Waals surface area contributed by atoms with Crippen molar-refractivity contribution in [3.8, 4) is 0 Å². The minimum Gasteiger partial charge on any atom is -0.370 e. The van der Waals surface area contributed by atoms with E-state index in [-0.39, 0.29) is 0 Å². The molecule has 0 unspecified atom stereocenters. The first-order chi connectivity index (χ1) is 8.07. The Labute approximate surface area is 98.0 Å². The number of rotatable bonds is 2. The van der Waals surface area contributed by atoms with Crippen LogP contribution in [0.1, 0.15) is 11.1 Å². The van der Waals surface area contributed by atoms with E-state index in [2.05, 4.69) is 0 Å². The van der Waals surface area contributed by atoms with Crippen LogP contribution < -0.4 is 4.90 Å². The summed E-state index contributed by atoms with van der Waals surface area (Å²) in [5.41, 5.74) is -0.143. The fraction of sp³-hybridized carbons (Fsp3) is 0.500. The Kier molecular flexibility index (Phi) is 3.69. The second-order valence-corrected chi connectivity index (χ2v) is 4.19. The predicted molar refractivity (Wildman–Crippen MR) is 56.7 cm³/mol. The van der Waals surface area contributed by atoms with Crippen LogP contribution in [-0.4, -0.2) is 26.3 Å². The third kappa shape index (κ3) is 3.20. The van der Waals surface area contributed by atoms with Gasteiger partial charge in [0.25, 0.3) is 0 Å². The maximum atomic E-state index is 12.8. The van der Waals surface area contributed by atoms with E-state index < -0.39 is 11.7 Å². The van der Waals surface area contributed by atoms with Gasteiger partial charge in [-0.25, -0.2) is 0 Å². The lowest BCUT2D eigenvalue weighted by Crippen LogP contribution is -3.12. The quantitative estimate of drug-likeness (QED) is 0.825. The third-order valence-electron chi connectivity index (χ3n) is 2.96. The van der Waals surface area contributed by atoms with Gasteiger partial charge in [0, 0.05) is 5.56 Å². The molecular formula is C12H15F3NO+. The van der Waals surface area contributed by atoms with Crippen molar-refractivity contribution in [3.63, 3.8) is 0 Å². The van der Waals surface area contributed by atoms with E-state index in [9.17, 15) is 13.2 Å². The molecule has 1 aliphatic rings. The molecule has 1 aromatic carbocycles. The van der Waals surface area contributed by atoms with Gasteiger partial charge in [-0.15, -0.1) is 0 Å². The number of benzene rings is 1. The number of nitrogens with one attached hydrogen (secondary N) is 1. The highest BCUT2D eigenvalue weighted by Gasteiger charge is 2.34. The molecule has 0 radical (unpaired) electrons. The number of alkyl halides is 3. The second-order valence-electron chi connectivity index (χ2n) is 4.19. The minimum absolute atomic E-state index is 0.372. The molecule has 94 valence electrons. The Morgan fingerprint density at radius 1 is 1.12 bits per heavy atom. The average Bonchev–Trinajstić information content (AvgIpc) is 2.30. The summed E-state index contributed by atoms with van der Waals surface area (Å²) in [6.45, 7) is 3.21. The van der Waals surface area contributed by atoms with E-state index in [0.29, 0.717) is 25.3 Å². The van der Waals surface area contributed by atoms with Gasteiger partial charge in [-0.3, -0.25) is 0 Å². The van der Waals surface area contributed by atoms with Crippen molar-refractivity contribution in [3.05, 3.63) is 35.4 Å². The molecule has 0 amide bonds. The number of morpholine rings is 1. The lowest BCUT2D eigenvalue weighted by molar-refractivity contribution is -0.921. The van der Waals surface area contributed by atoms with Gasteiger partial charge in [0.1, 0.15) is 19.6 Å². The second kappa shape index (κ2) is 5.06. The summed E-state index contributed by atoms with van der Waals surface area (Å²) < 4.78 is 43.5. The smallest absolute Gasteiger partial charge is 0.370 e. The van der Waals surface area contributed by atoms with Crippen molar-refractivity contribution >= 4 is 0 Å². The number of hydrogen-bond acceptors (Lipinski definition) is 1. The van der Waals surface area contributed by atoms with Crippen molar-refractivity contribution in [2.45, 2.75) is 12.7 Å². The molecule has 5 heteroatoms. The molecule has 0 aromatic heterocycles. The molecule has 1 N–H and O–H groups in total. The molecule has 0 spiro atoms. The van der Waals surface area contributed by atoms with Gasteiger partial charge in [-0.2, -0.15) is 13.2 Å². The molecule has 17 heavy (non-hydrogen) atoms. The fourth-order valence-electron chi connectivity index (χ4n) is 2.06. The van der Waals surface area contributed by atoms with E-state index >= 15 is 0 Å². The largest absolute Gasteiger partial charge is 0.416 e. The van der Waals surface area contributed by atoms with Gasteiger partial charge >= 0.3 is 6.18 Å². The Balaban J connectivity index is 2.14. The van der Waals surface area contributed by atoms with Gasteiger partial charge in [0.15, 0.2) is 0 Å². The Morgan fingerprint density at radius 2 is 1.76 bits per heavy atom. The molecule has 1 aliphatic heterocycles. The summed E-state index contributed by atoms with van der Waals surface area (Å²) in [6.07, 6.45) is -4.26. The van der Waals surface area contributed by atoms with Crippen LogP contribution in [0.3, 0.4) is 0 Å². The van der Waals surface area contributed by atoms with Gasteiger partial charge in [0.05, 0.1) is 18.8 Å². The van der Waals surface area contributed by atoms with Crippen LogP contribution in [0.5, 0.6) is 0 Å². The summed E-state index contributed by atoms with van der Waals surface area (Å²) >= 11 is 0. The van der Waals surface area contributed by atoms with Crippen LogP contribution in [-0.2, 0) is 17.5 Å². The fourth-order valence-corrected chi connectivity index (χ4v) is 2.06. The van der Waals surface area contributed by atoms with Crippen molar-refractivity contribution in [2.24, 2.45) is 0 Å². The van der Waals surface area contributed by atoms with Crippen molar-refractivity contribution in [1.29, 1.82) is 0 Å². The maximum Gasteiger partial charge on any atom is 0.416 e. The molecule has 1 heterocycles. The number of hydrogen-bond donors (Lipinski definition) is 1. The Morgan fingerprint density at radius 3 is 2.41 bits per heavy atom. The molecular weight excluding hydrogens is 231 g/mol. The van der Waals surface area contributed by atoms with Gasteiger partial charge in [-0.05, 0) is 6.07 Å². The first kappa shape index (κ1) is 12.4. The maximum absolute atomic E-state index is 12.8. The van der Waals surface area contributed by atoms with Crippen LogP contribution in [0.4, 0.5) is 13.2 Å². The zero-order valence-corrected chi connectivity index (χ0v) is 9.39. The highest BCUT2D eigenvalue weighted by molar-refractivity contribution is 5.28. The summed E-state index contributed by atoms with van der Waals surface area (Å²) in [7, 11) is 0. The SMILES string of the molecule is FC(F)(F)c1ccccc1C[NH+]1CCOCC1. The van der Waals surface area contributed by atoms with Gasteiger partial charge < -0.3 is 9.64 Å². The lowest BCUT2D eigenvalue weighted by Gasteiger charge is -2.24. The van der Waals surface area contributed by atoms with Crippen LogP contribution in [0, 0.1) is 0 Å². The van der Waals surface area contributed by atoms with Crippen molar-refractivity contribution < 1.29 is 22.8 Å². The number of halogens is 3. The molecule has 1 saturated heterocycles. The summed E-state index contributed by atoms with van der Waals surface area (Å²) in [5, 5.41) is 0. The third-order valence-corrected chi connectivity index (χ3v) is 2.96. The number of ether oxygens (including phenoxy) is 1. The topological polar surface area (TPSA) is 13.7 Å². The molecule has 1 aromatic rings. The molecule has 2 rings (SSSR count). The van der Waals surface area contributed by atoms with E-state index in [1.54, 1.807) is 12.1 Å². The van der Waals surface area contributed by atoms with E-state index in [4.69, 9.17) is 4.74 Å². The molecule has 0 saturated carbocycles. The van der Waals surface area contributed by atoms with E-state index in [1.807, 2.05) is 0 Å². The minimum atomic E-state index is -4.26. The van der Waals surface area contributed by atoms with Crippen LogP contribution in [0.25, 0.3) is 0 Å². The Bertz CT molecular complexity index is 372. The normalized spacial score (nSPS) is 18.3. The van der Waals surface area contributed by atoms with E-state index in [0.717, 1.165) is 24.1 Å². The zero-order valence-electron chi connectivity index (χ0n) is 9.39. The van der Waals surface area contributed by atoms with Gasteiger partial charge in [0.2, 0.25) is 0 Å². The molecule has 1 fully saturated rings. The monoisotopic (exact) mass is 246 g/mol. The highest BCUT2D eigenvalue weighted by atomic mass is 19.4. The first-order valence-electron chi connectivity index (χ1n) is 5.64. The highest BCUT2D eigenvalue weighted by Crippen LogP contribution is 2.31. The van der Waals surface area contributed by atoms with Crippen LogP contribution >= 0.6 is 0 Å². The summed E-state index contributed by atoms with van der Waals surface area (Å²) in [4.78, 5) is 1.15. The molecule has 2 nitrogen and oxygen atoms in total. The predicted octanol–water partition coefficient (Wildman–Crippen LogP) is 1.12. The lowest BCUT2D eigenvalue weighted by atomic mass is 10.1. The number of quaternary nitrogens is 1. The van der Waals surface area contributed by atoms with Crippen molar-refractivity contribution in [2.75, 3.05) is 26.3 Å². The van der Waals surface area contributed by atoms with Crippen LogP contribution in [0.15, 0.2) is 24.3 Å². The van der Waals surface area contributed by atoms with E-state index in [1.165, 1.54) is 6.07 Å². The first-order valence-corrected chi connectivity index (χ1v) is 5.64. The summed E-state index contributed by atoms with van der Waals surface area (Å²) in [6, 6.07) is 5.80. The van der Waals surface area contributed by atoms with Crippen LogP contribution in [0.2, 0.25) is 0 Å². The van der Waals surface area contributed by atoms with Crippen molar-refractivity contribution in [1.82, 2.24) is 0 Å². The van der Waals surface area contributed by atoms with Gasteiger partial charge in [-0.1, -0.05) is 18.2 Å². The molecule has 0 bridgehead atoms. The zero-order chi connectivity index (χ0) is 12.3. The standard InChI is InChI=1S/C12H14F3NO/c13-12(14,15)11-4-2-1-3-10(11)9-16-5-7-17-8-6-16/h1-4H,5-9H2/p+1. The molecule has 0 atom stereocenters.